The third kappa shape index (κ3) is 3.28. The van der Waals surface area contributed by atoms with Crippen molar-refractivity contribution in [3.05, 3.63) is 17.1 Å². The van der Waals surface area contributed by atoms with E-state index in [9.17, 15) is 18.3 Å². The predicted octanol–water partition coefficient (Wildman–Crippen LogP) is 0.967. The molecule has 1 fully saturated rings. The number of aromatic carboxylic acids is 1. The van der Waals surface area contributed by atoms with E-state index in [1.165, 1.54) is 13.8 Å². The summed E-state index contributed by atoms with van der Waals surface area (Å²) in [7, 11) is -1.99. The van der Waals surface area contributed by atoms with Gasteiger partial charge in [-0.1, -0.05) is 0 Å². The number of furan rings is 1. The molecule has 1 aliphatic heterocycles. The van der Waals surface area contributed by atoms with Crippen LogP contribution in [0.2, 0.25) is 0 Å². The van der Waals surface area contributed by atoms with Gasteiger partial charge in [0.05, 0.1) is 0 Å². The summed E-state index contributed by atoms with van der Waals surface area (Å²) in [5.74, 6) is -1.10. The molecule has 1 saturated heterocycles. The summed E-state index contributed by atoms with van der Waals surface area (Å²) in [6.45, 7) is 4.45. The first-order chi connectivity index (χ1) is 9.72. The topological polar surface area (TPSA) is 99.9 Å². The van der Waals surface area contributed by atoms with Gasteiger partial charge in [0.15, 0.2) is 0 Å². The van der Waals surface area contributed by atoms with Crippen LogP contribution < -0.4 is 4.72 Å². The zero-order valence-corrected chi connectivity index (χ0v) is 13.2. The van der Waals surface area contributed by atoms with E-state index in [1.54, 1.807) is 0 Å². The summed E-state index contributed by atoms with van der Waals surface area (Å²) in [6, 6.07) is -0.218. The highest BCUT2D eigenvalue weighted by Gasteiger charge is 2.33. The van der Waals surface area contributed by atoms with Crippen molar-refractivity contribution >= 4 is 16.0 Å². The molecular weight excluding hydrogens is 296 g/mol. The Morgan fingerprint density at radius 3 is 2.62 bits per heavy atom. The van der Waals surface area contributed by atoms with Crippen LogP contribution in [-0.4, -0.2) is 50.6 Å². The molecule has 0 radical (unpaired) electrons. The molecule has 2 N–H and O–H groups in total. The Kier molecular flexibility index (Phi) is 4.40. The molecule has 1 aromatic heterocycles. The first-order valence-corrected chi connectivity index (χ1v) is 8.25. The number of nitrogens with zero attached hydrogens (tertiary/aromatic N) is 1. The van der Waals surface area contributed by atoms with Gasteiger partial charge in [-0.25, -0.2) is 17.9 Å². The zero-order valence-electron chi connectivity index (χ0n) is 12.3. The third-order valence-electron chi connectivity index (χ3n) is 3.63. The smallest absolute Gasteiger partial charge is 0.340 e. The molecule has 2 rings (SSSR count). The largest absolute Gasteiger partial charge is 0.478 e. The lowest BCUT2D eigenvalue weighted by Gasteiger charge is -2.29. The summed E-state index contributed by atoms with van der Waals surface area (Å²) in [6.07, 6.45) is 1.64. The number of sulfonamides is 1. The van der Waals surface area contributed by atoms with Crippen molar-refractivity contribution in [1.82, 2.24) is 9.62 Å². The second-order valence-corrected chi connectivity index (χ2v) is 7.10. The molecule has 2 heterocycles. The molecule has 118 valence electrons. The fourth-order valence-corrected chi connectivity index (χ4v) is 4.44. The number of carboxylic acids is 1. The molecule has 21 heavy (non-hydrogen) atoms. The Morgan fingerprint density at radius 2 is 2.05 bits per heavy atom. The zero-order chi connectivity index (χ0) is 15.8. The van der Waals surface area contributed by atoms with Gasteiger partial charge in [0.2, 0.25) is 10.0 Å². The van der Waals surface area contributed by atoms with Crippen LogP contribution in [-0.2, 0) is 10.0 Å². The lowest BCUT2D eigenvalue weighted by atomic mass is 10.1. The van der Waals surface area contributed by atoms with Gasteiger partial charge in [-0.05, 0) is 40.3 Å². The van der Waals surface area contributed by atoms with Crippen LogP contribution in [0.15, 0.2) is 9.31 Å². The van der Waals surface area contributed by atoms with Gasteiger partial charge in [0.1, 0.15) is 22.0 Å². The fraction of sp³-hybridized carbons (Fsp3) is 0.615. The van der Waals surface area contributed by atoms with Crippen LogP contribution in [0.1, 0.15) is 34.7 Å². The van der Waals surface area contributed by atoms with Crippen LogP contribution in [0.25, 0.3) is 0 Å². The first kappa shape index (κ1) is 16.0. The molecule has 1 aromatic rings. The van der Waals surface area contributed by atoms with Crippen molar-refractivity contribution in [3.8, 4) is 0 Å². The number of hydrogen-bond acceptors (Lipinski definition) is 5. The average molecular weight is 316 g/mol. The van der Waals surface area contributed by atoms with Gasteiger partial charge in [-0.3, -0.25) is 0 Å². The molecule has 8 heteroatoms. The second kappa shape index (κ2) is 5.78. The van der Waals surface area contributed by atoms with Crippen molar-refractivity contribution in [2.45, 2.75) is 37.6 Å². The maximum Gasteiger partial charge on any atom is 0.340 e. The van der Waals surface area contributed by atoms with Crippen molar-refractivity contribution in [2.24, 2.45) is 0 Å². The van der Waals surface area contributed by atoms with Gasteiger partial charge < -0.3 is 14.4 Å². The van der Waals surface area contributed by atoms with E-state index in [0.29, 0.717) is 6.54 Å². The Morgan fingerprint density at radius 1 is 1.38 bits per heavy atom. The number of piperidine rings is 1. The van der Waals surface area contributed by atoms with Crippen molar-refractivity contribution in [1.29, 1.82) is 0 Å². The maximum absolute atomic E-state index is 12.5. The van der Waals surface area contributed by atoms with Gasteiger partial charge in [0.25, 0.3) is 0 Å². The van der Waals surface area contributed by atoms with Crippen molar-refractivity contribution in [3.63, 3.8) is 0 Å². The number of hydrogen-bond donors (Lipinski definition) is 2. The Hall–Kier alpha value is -1.38. The summed E-state index contributed by atoms with van der Waals surface area (Å²) < 4.78 is 32.8. The van der Waals surface area contributed by atoms with E-state index < -0.39 is 16.0 Å². The van der Waals surface area contributed by atoms with E-state index >= 15 is 0 Å². The van der Waals surface area contributed by atoms with Crippen molar-refractivity contribution in [2.75, 3.05) is 20.1 Å². The number of rotatable bonds is 4. The lowest BCUT2D eigenvalue weighted by molar-refractivity contribution is 0.0691. The number of carbonyl (C=O) groups is 1. The summed E-state index contributed by atoms with van der Waals surface area (Å²) >= 11 is 0. The molecule has 0 spiro atoms. The Labute approximate surface area is 124 Å². The average Bonchev–Trinajstić information content (AvgIpc) is 2.64. The van der Waals surface area contributed by atoms with Gasteiger partial charge in [-0.2, -0.15) is 0 Å². The first-order valence-electron chi connectivity index (χ1n) is 6.76. The number of likely N-dealkylation sites (tertiary alicyclic amines) is 1. The molecule has 1 aliphatic rings. The van der Waals surface area contributed by atoms with Gasteiger partial charge in [-0.15, -0.1) is 0 Å². The number of nitrogens with one attached hydrogen (secondary N) is 1. The maximum atomic E-state index is 12.5. The van der Waals surface area contributed by atoms with Crippen LogP contribution >= 0.6 is 0 Å². The third-order valence-corrected chi connectivity index (χ3v) is 5.31. The Bertz CT molecular complexity index is 650. The molecule has 0 bridgehead atoms. The summed E-state index contributed by atoms with van der Waals surface area (Å²) in [4.78, 5) is 13.1. The molecule has 0 amide bonds. The van der Waals surface area contributed by atoms with Crippen LogP contribution in [0, 0.1) is 13.8 Å². The van der Waals surface area contributed by atoms with Gasteiger partial charge in [0, 0.05) is 12.6 Å². The van der Waals surface area contributed by atoms with Crippen LogP contribution in [0.3, 0.4) is 0 Å². The molecule has 0 aromatic carbocycles. The second-order valence-electron chi connectivity index (χ2n) is 5.45. The van der Waals surface area contributed by atoms with E-state index in [0.717, 1.165) is 19.4 Å². The minimum absolute atomic E-state index is 0.0983. The molecule has 1 unspecified atom stereocenters. The van der Waals surface area contributed by atoms with E-state index in [-0.39, 0.29) is 28.0 Å². The van der Waals surface area contributed by atoms with E-state index in [2.05, 4.69) is 4.72 Å². The highest BCUT2D eigenvalue weighted by Crippen LogP contribution is 2.27. The highest BCUT2D eigenvalue weighted by atomic mass is 32.2. The van der Waals surface area contributed by atoms with E-state index in [1.807, 2.05) is 11.9 Å². The van der Waals surface area contributed by atoms with Crippen LogP contribution in [0.4, 0.5) is 0 Å². The molecule has 0 saturated carbocycles. The predicted molar refractivity (Wildman–Crippen MR) is 76.0 cm³/mol. The molecule has 0 aliphatic carbocycles. The van der Waals surface area contributed by atoms with Crippen molar-refractivity contribution < 1.29 is 22.7 Å². The standard InChI is InChI=1S/C13H20N2O5S/c1-8-11(13(16)17)12(9(2)20-8)21(18,19)14-10-5-4-6-15(3)7-10/h10,14H,4-7H2,1-3H3,(H,16,17). The minimum Gasteiger partial charge on any atom is -0.478 e. The minimum atomic E-state index is -3.92. The SMILES string of the molecule is Cc1oc(C)c(S(=O)(=O)NC2CCCN(C)C2)c1C(=O)O. The monoisotopic (exact) mass is 316 g/mol. The van der Waals surface area contributed by atoms with Gasteiger partial charge >= 0.3 is 5.97 Å². The Balaban J connectivity index is 2.34. The summed E-state index contributed by atoms with van der Waals surface area (Å²) in [5.41, 5.74) is -0.288. The summed E-state index contributed by atoms with van der Waals surface area (Å²) in [5, 5.41) is 9.21. The number of aryl methyl sites for hydroxylation is 2. The molecule has 1 atom stereocenters. The highest BCUT2D eigenvalue weighted by molar-refractivity contribution is 7.89. The quantitative estimate of drug-likeness (QED) is 0.858. The molecular formula is C13H20N2O5S. The van der Waals surface area contributed by atoms with E-state index in [4.69, 9.17) is 4.42 Å². The fourth-order valence-electron chi connectivity index (χ4n) is 2.78. The normalized spacial score (nSPS) is 20.6. The van der Waals surface area contributed by atoms with Crippen LogP contribution in [0.5, 0.6) is 0 Å². The lowest BCUT2D eigenvalue weighted by Crippen LogP contribution is -2.46. The number of likely N-dealkylation sites (N-methyl/N-ethyl adjacent to an activating group) is 1. The number of carboxylic acid groups (broad SMARTS) is 1. The molecule has 7 nitrogen and oxygen atoms in total.